The molecule has 0 bridgehead atoms. The normalized spacial score (nSPS) is 11.6. The maximum atomic E-state index is 4.64. The molecule has 16 heavy (non-hydrogen) atoms. The van der Waals surface area contributed by atoms with E-state index in [4.69, 9.17) is 0 Å². The van der Waals surface area contributed by atoms with Gasteiger partial charge in [-0.2, -0.15) is 0 Å². The Morgan fingerprint density at radius 3 is 2.31 bits per heavy atom. The predicted octanol–water partition coefficient (Wildman–Crippen LogP) is 3.53. The Balaban J connectivity index is 3.28. The third-order valence-corrected chi connectivity index (χ3v) is 3.15. The van der Waals surface area contributed by atoms with Gasteiger partial charge in [-0.3, -0.25) is 0 Å². The molecule has 0 amide bonds. The van der Waals surface area contributed by atoms with E-state index >= 15 is 0 Å². The average Bonchev–Trinajstić information content (AvgIpc) is 2.19. The van der Waals surface area contributed by atoms with Crippen LogP contribution in [0.25, 0.3) is 0 Å². The Labute approximate surface area is 106 Å². The number of aromatic nitrogens is 2. The lowest BCUT2D eigenvalue weighted by atomic mass is 9.95. The molecule has 0 aliphatic rings. The van der Waals surface area contributed by atoms with Crippen molar-refractivity contribution in [2.45, 2.75) is 46.0 Å². The van der Waals surface area contributed by atoms with Crippen molar-refractivity contribution < 1.29 is 0 Å². The minimum atomic E-state index is -0.0191. The van der Waals surface area contributed by atoms with Crippen molar-refractivity contribution in [3.63, 3.8) is 0 Å². The lowest BCUT2D eigenvalue weighted by Crippen LogP contribution is -2.18. The van der Waals surface area contributed by atoms with Crippen LogP contribution in [0.5, 0.6) is 0 Å². The summed E-state index contributed by atoms with van der Waals surface area (Å²) in [6.45, 7) is 8.55. The predicted molar refractivity (Wildman–Crippen MR) is 72.0 cm³/mol. The number of hydrogen-bond donors (Lipinski definition) is 1. The largest absolute Gasteiger partial charge is 0.372 e. The van der Waals surface area contributed by atoms with Gasteiger partial charge in [0.2, 0.25) is 0 Å². The molecule has 0 unspecified atom stereocenters. The van der Waals surface area contributed by atoms with Crippen LogP contribution in [0.4, 0.5) is 5.82 Å². The van der Waals surface area contributed by atoms with E-state index < -0.39 is 0 Å². The first-order valence-electron chi connectivity index (χ1n) is 5.64. The molecular formula is C12H20BrN3. The van der Waals surface area contributed by atoms with Gasteiger partial charge in [0.1, 0.15) is 11.6 Å². The summed E-state index contributed by atoms with van der Waals surface area (Å²) in [6, 6.07) is 0. The fraction of sp³-hybridized carbons (Fsp3) is 0.667. The smallest absolute Gasteiger partial charge is 0.144 e. The van der Waals surface area contributed by atoms with Crippen molar-refractivity contribution in [1.29, 1.82) is 0 Å². The van der Waals surface area contributed by atoms with Gasteiger partial charge in [-0.25, -0.2) is 9.97 Å². The minimum Gasteiger partial charge on any atom is -0.372 e. The molecule has 0 atom stereocenters. The molecule has 0 aliphatic carbocycles. The highest BCUT2D eigenvalue weighted by atomic mass is 79.9. The Bertz CT molecular complexity index is 369. The summed E-state index contributed by atoms with van der Waals surface area (Å²) >= 11 is 3.56. The highest BCUT2D eigenvalue weighted by molar-refractivity contribution is 9.10. The highest BCUT2D eigenvalue weighted by Crippen LogP contribution is 2.28. The summed E-state index contributed by atoms with van der Waals surface area (Å²) in [5.74, 6) is 1.77. The summed E-state index contributed by atoms with van der Waals surface area (Å²) in [5.41, 5.74) is 1.07. The molecule has 1 aromatic rings. The van der Waals surface area contributed by atoms with E-state index in [-0.39, 0.29) is 5.41 Å². The molecule has 0 saturated carbocycles. The van der Waals surface area contributed by atoms with Gasteiger partial charge in [0.25, 0.3) is 0 Å². The second-order valence-corrected chi connectivity index (χ2v) is 5.70. The first-order chi connectivity index (χ1) is 7.40. The quantitative estimate of drug-likeness (QED) is 0.923. The standard InChI is InChI=1S/C12H20BrN3/c1-6-7-8-9(13)10(14-5)16-11(15-8)12(2,3)4/h6-7H2,1-5H3,(H,14,15,16). The maximum absolute atomic E-state index is 4.64. The monoisotopic (exact) mass is 285 g/mol. The highest BCUT2D eigenvalue weighted by Gasteiger charge is 2.20. The average molecular weight is 286 g/mol. The van der Waals surface area contributed by atoms with E-state index in [2.05, 4.69) is 58.9 Å². The second kappa shape index (κ2) is 5.13. The van der Waals surface area contributed by atoms with Crippen LogP contribution in [-0.4, -0.2) is 17.0 Å². The molecular weight excluding hydrogens is 266 g/mol. The number of nitrogens with one attached hydrogen (secondary N) is 1. The number of rotatable bonds is 3. The molecule has 0 saturated heterocycles. The van der Waals surface area contributed by atoms with Crippen LogP contribution in [0, 0.1) is 0 Å². The van der Waals surface area contributed by atoms with Gasteiger partial charge in [0.05, 0.1) is 10.2 Å². The van der Waals surface area contributed by atoms with E-state index in [1.807, 2.05) is 7.05 Å². The van der Waals surface area contributed by atoms with Crippen molar-refractivity contribution in [2.75, 3.05) is 12.4 Å². The summed E-state index contributed by atoms with van der Waals surface area (Å²) in [7, 11) is 1.88. The first kappa shape index (κ1) is 13.4. The number of hydrogen-bond acceptors (Lipinski definition) is 3. The zero-order valence-electron chi connectivity index (χ0n) is 10.7. The van der Waals surface area contributed by atoms with Crippen LogP contribution < -0.4 is 5.32 Å². The number of anilines is 1. The molecule has 1 heterocycles. The molecule has 0 fully saturated rings. The fourth-order valence-electron chi connectivity index (χ4n) is 1.40. The summed E-state index contributed by atoms with van der Waals surface area (Å²) < 4.78 is 0.991. The number of nitrogens with zero attached hydrogens (tertiary/aromatic N) is 2. The van der Waals surface area contributed by atoms with Crippen LogP contribution >= 0.6 is 15.9 Å². The lowest BCUT2D eigenvalue weighted by Gasteiger charge is -2.19. The lowest BCUT2D eigenvalue weighted by molar-refractivity contribution is 0.541. The van der Waals surface area contributed by atoms with Gasteiger partial charge in [0.15, 0.2) is 0 Å². The fourth-order valence-corrected chi connectivity index (χ4v) is 1.97. The van der Waals surface area contributed by atoms with Gasteiger partial charge in [-0.05, 0) is 22.4 Å². The summed E-state index contributed by atoms with van der Waals surface area (Å²) in [6.07, 6.45) is 2.06. The molecule has 1 rings (SSSR count). The Hall–Kier alpha value is -0.640. The molecule has 1 N–H and O–H groups in total. The molecule has 1 aromatic heterocycles. The van der Waals surface area contributed by atoms with Gasteiger partial charge in [-0.15, -0.1) is 0 Å². The van der Waals surface area contributed by atoms with E-state index in [1.165, 1.54) is 0 Å². The molecule has 4 heteroatoms. The third kappa shape index (κ3) is 2.94. The van der Waals surface area contributed by atoms with Crippen molar-refractivity contribution in [2.24, 2.45) is 0 Å². The van der Waals surface area contributed by atoms with Crippen molar-refractivity contribution in [1.82, 2.24) is 9.97 Å². The van der Waals surface area contributed by atoms with Crippen molar-refractivity contribution in [3.05, 3.63) is 16.0 Å². The Morgan fingerprint density at radius 2 is 1.88 bits per heavy atom. The minimum absolute atomic E-state index is 0.0191. The molecule has 3 nitrogen and oxygen atoms in total. The van der Waals surface area contributed by atoms with Gasteiger partial charge in [0, 0.05) is 12.5 Å². The molecule has 0 radical (unpaired) electrons. The number of halogens is 1. The molecule has 0 spiro atoms. The SMILES string of the molecule is CCCc1nc(C(C)(C)C)nc(NC)c1Br. The van der Waals surface area contributed by atoms with Crippen LogP contribution in [0.1, 0.15) is 45.6 Å². The van der Waals surface area contributed by atoms with Gasteiger partial charge in [-0.1, -0.05) is 34.1 Å². The topological polar surface area (TPSA) is 37.8 Å². The van der Waals surface area contributed by atoms with Crippen molar-refractivity contribution in [3.8, 4) is 0 Å². The maximum Gasteiger partial charge on any atom is 0.144 e. The molecule has 0 aromatic carbocycles. The summed E-state index contributed by atoms with van der Waals surface area (Å²) in [4.78, 5) is 9.18. The number of aryl methyl sites for hydroxylation is 1. The Kier molecular flexibility index (Phi) is 4.30. The molecule has 0 aliphatic heterocycles. The van der Waals surface area contributed by atoms with Crippen LogP contribution in [0.3, 0.4) is 0 Å². The first-order valence-corrected chi connectivity index (χ1v) is 6.44. The van der Waals surface area contributed by atoms with E-state index in [1.54, 1.807) is 0 Å². The van der Waals surface area contributed by atoms with Crippen molar-refractivity contribution >= 4 is 21.7 Å². The van der Waals surface area contributed by atoms with Gasteiger partial charge >= 0.3 is 0 Å². The van der Waals surface area contributed by atoms with Crippen LogP contribution in [0.15, 0.2) is 4.47 Å². The van der Waals surface area contributed by atoms with Gasteiger partial charge < -0.3 is 5.32 Å². The van der Waals surface area contributed by atoms with E-state index in [9.17, 15) is 0 Å². The summed E-state index contributed by atoms with van der Waals surface area (Å²) in [5, 5.41) is 3.11. The zero-order chi connectivity index (χ0) is 12.3. The third-order valence-electron chi connectivity index (χ3n) is 2.31. The second-order valence-electron chi connectivity index (χ2n) is 4.91. The zero-order valence-corrected chi connectivity index (χ0v) is 12.3. The van der Waals surface area contributed by atoms with E-state index in [0.717, 1.165) is 34.7 Å². The van der Waals surface area contributed by atoms with Crippen LogP contribution in [-0.2, 0) is 11.8 Å². The van der Waals surface area contributed by atoms with E-state index in [0.29, 0.717) is 0 Å². The molecule has 90 valence electrons. The Morgan fingerprint density at radius 1 is 1.25 bits per heavy atom. The van der Waals surface area contributed by atoms with Crippen LogP contribution in [0.2, 0.25) is 0 Å².